The minimum atomic E-state index is -0.398. The van der Waals surface area contributed by atoms with Crippen molar-refractivity contribution in [2.24, 2.45) is 0 Å². The van der Waals surface area contributed by atoms with E-state index in [2.05, 4.69) is 11.9 Å². The van der Waals surface area contributed by atoms with Gasteiger partial charge in [0.1, 0.15) is 6.61 Å². The zero-order chi connectivity index (χ0) is 14.5. The second kappa shape index (κ2) is 6.52. The molecular formula is C15H20N2O3. The summed E-state index contributed by atoms with van der Waals surface area (Å²) in [5.41, 5.74) is 1.84. The first-order chi connectivity index (χ1) is 9.60. The average molecular weight is 276 g/mol. The number of hydrogen-bond donors (Lipinski definition) is 1. The molecule has 0 aromatic heterocycles. The second-order valence-corrected chi connectivity index (χ2v) is 5.11. The monoisotopic (exact) mass is 276 g/mol. The Hall–Kier alpha value is -1.88. The molecule has 1 fully saturated rings. The highest BCUT2D eigenvalue weighted by Gasteiger charge is 2.21. The standard InChI is InChI=1S/C15H20N2O3/c1-3-11(2)10-20-15-7-4-12(8-14(15)17(18)19)9-16-13-5-6-13/h4,7-8,13,16H,2-3,5-6,9-10H2,1H3. The zero-order valence-electron chi connectivity index (χ0n) is 11.7. The highest BCUT2D eigenvalue weighted by atomic mass is 16.6. The molecule has 1 N–H and O–H groups in total. The number of rotatable bonds is 8. The van der Waals surface area contributed by atoms with Gasteiger partial charge in [-0.3, -0.25) is 10.1 Å². The lowest BCUT2D eigenvalue weighted by atomic mass is 10.2. The normalized spacial score (nSPS) is 14.1. The zero-order valence-corrected chi connectivity index (χ0v) is 11.7. The SMILES string of the molecule is C=C(CC)COc1ccc(CNC2CC2)cc1[N+](=O)[O-]. The Morgan fingerprint density at radius 2 is 2.30 bits per heavy atom. The number of nitro benzene ring substituents is 1. The quantitative estimate of drug-likeness (QED) is 0.450. The lowest BCUT2D eigenvalue weighted by Crippen LogP contribution is -2.15. The predicted octanol–water partition coefficient (Wildman–Crippen LogP) is 3.19. The lowest BCUT2D eigenvalue weighted by Gasteiger charge is -2.09. The van der Waals surface area contributed by atoms with Crippen LogP contribution in [0.1, 0.15) is 31.7 Å². The van der Waals surface area contributed by atoms with Crippen molar-refractivity contribution in [3.8, 4) is 5.75 Å². The summed E-state index contributed by atoms with van der Waals surface area (Å²) in [6.07, 6.45) is 3.20. The number of hydrogen-bond acceptors (Lipinski definition) is 4. The van der Waals surface area contributed by atoms with Gasteiger partial charge in [0.15, 0.2) is 5.75 Å². The van der Waals surface area contributed by atoms with Crippen molar-refractivity contribution in [1.82, 2.24) is 5.32 Å². The number of nitrogens with zero attached hydrogens (tertiary/aromatic N) is 1. The van der Waals surface area contributed by atoms with Crippen molar-refractivity contribution in [2.75, 3.05) is 6.61 Å². The third-order valence-corrected chi connectivity index (χ3v) is 3.32. The minimum Gasteiger partial charge on any atom is -0.482 e. The lowest BCUT2D eigenvalue weighted by molar-refractivity contribution is -0.385. The number of nitrogens with one attached hydrogen (secondary N) is 1. The maximum Gasteiger partial charge on any atom is 0.311 e. The van der Waals surface area contributed by atoms with E-state index in [0.717, 1.165) is 17.6 Å². The van der Waals surface area contributed by atoms with Crippen LogP contribution in [-0.4, -0.2) is 17.6 Å². The van der Waals surface area contributed by atoms with Gasteiger partial charge in [-0.2, -0.15) is 0 Å². The van der Waals surface area contributed by atoms with Gasteiger partial charge in [-0.05, 0) is 36.5 Å². The molecule has 0 unspecified atom stereocenters. The van der Waals surface area contributed by atoms with E-state index in [0.29, 0.717) is 24.9 Å². The van der Waals surface area contributed by atoms with Crippen LogP contribution in [0.25, 0.3) is 0 Å². The highest BCUT2D eigenvalue weighted by molar-refractivity contribution is 5.48. The maximum atomic E-state index is 11.1. The fraction of sp³-hybridized carbons (Fsp3) is 0.467. The van der Waals surface area contributed by atoms with Crippen LogP contribution in [0.15, 0.2) is 30.4 Å². The van der Waals surface area contributed by atoms with Crippen LogP contribution in [0, 0.1) is 10.1 Å². The van der Waals surface area contributed by atoms with E-state index in [1.807, 2.05) is 13.0 Å². The molecule has 0 radical (unpaired) electrons. The molecule has 0 spiro atoms. The van der Waals surface area contributed by atoms with Gasteiger partial charge < -0.3 is 10.1 Å². The Balaban J connectivity index is 2.05. The third-order valence-electron chi connectivity index (χ3n) is 3.32. The van der Waals surface area contributed by atoms with E-state index >= 15 is 0 Å². The van der Waals surface area contributed by atoms with Gasteiger partial charge in [0.05, 0.1) is 4.92 Å². The molecule has 20 heavy (non-hydrogen) atoms. The summed E-state index contributed by atoms with van der Waals surface area (Å²) in [6, 6.07) is 5.70. The van der Waals surface area contributed by atoms with E-state index in [4.69, 9.17) is 4.74 Å². The van der Waals surface area contributed by atoms with Gasteiger partial charge in [-0.1, -0.05) is 19.6 Å². The second-order valence-electron chi connectivity index (χ2n) is 5.11. The molecule has 0 saturated heterocycles. The van der Waals surface area contributed by atoms with Crippen LogP contribution in [0.2, 0.25) is 0 Å². The van der Waals surface area contributed by atoms with E-state index in [1.54, 1.807) is 12.1 Å². The maximum absolute atomic E-state index is 11.1. The predicted molar refractivity (Wildman–Crippen MR) is 77.9 cm³/mol. The van der Waals surface area contributed by atoms with E-state index in [9.17, 15) is 10.1 Å². The first-order valence-electron chi connectivity index (χ1n) is 6.90. The molecule has 0 aliphatic heterocycles. The average Bonchev–Trinajstić information content (AvgIpc) is 3.26. The van der Waals surface area contributed by atoms with E-state index in [-0.39, 0.29) is 5.69 Å². The molecule has 108 valence electrons. The largest absolute Gasteiger partial charge is 0.482 e. The van der Waals surface area contributed by atoms with Gasteiger partial charge in [-0.15, -0.1) is 0 Å². The topological polar surface area (TPSA) is 64.4 Å². The summed E-state index contributed by atoms with van der Waals surface area (Å²) < 4.78 is 5.48. The molecule has 0 bridgehead atoms. The van der Waals surface area contributed by atoms with Crippen LogP contribution < -0.4 is 10.1 Å². The summed E-state index contributed by atoms with van der Waals surface area (Å²) in [4.78, 5) is 10.7. The molecule has 5 nitrogen and oxygen atoms in total. The smallest absolute Gasteiger partial charge is 0.311 e. The van der Waals surface area contributed by atoms with Gasteiger partial charge in [0, 0.05) is 18.7 Å². The third kappa shape index (κ3) is 4.06. The molecule has 0 heterocycles. The van der Waals surface area contributed by atoms with Gasteiger partial charge in [-0.25, -0.2) is 0 Å². The molecular weight excluding hydrogens is 256 g/mol. The van der Waals surface area contributed by atoms with Crippen molar-refractivity contribution in [1.29, 1.82) is 0 Å². The number of ether oxygens (including phenoxy) is 1. The van der Waals surface area contributed by atoms with Crippen LogP contribution in [0.5, 0.6) is 5.75 Å². The molecule has 0 atom stereocenters. The summed E-state index contributed by atoms with van der Waals surface area (Å²) in [5, 5.41) is 14.5. The van der Waals surface area contributed by atoms with Crippen molar-refractivity contribution in [2.45, 2.75) is 38.8 Å². The highest BCUT2D eigenvalue weighted by Crippen LogP contribution is 2.29. The first kappa shape index (κ1) is 14.5. The van der Waals surface area contributed by atoms with Crippen LogP contribution in [0.3, 0.4) is 0 Å². The summed E-state index contributed by atoms with van der Waals surface area (Å²) in [5.74, 6) is 0.305. The molecule has 1 aromatic rings. The molecule has 2 rings (SSSR count). The van der Waals surface area contributed by atoms with E-state index in [1.165, 1.54) is 12.8 Å². The summed E-state index contributed by atoms with van der Waals surface area (Å²) in [6.45, 7) is 6.79. The Morgan fingerprint density at radius 3 is 2.90 bits per heavy atom. The van der Waals surface area contributed by atoms with Crippen molar-refractivity contribution >= 4 is 5.69 Å². The Morgan fingerprint density at radius 1 is 1.55 bits per heavy atom. The van der Waals surface area contributed by atoms with E-state index < -0.39 is 4.92 Å². The fourth-order valence-electron chi connectivity index (χ4n) is 1.77. The molecule has 5 heteroatoms. The molecule has 1 aliphatic rings. The first-order valence-corrected chi connectivity index (χ1v) is 6.90. The Bertz CT molecular complexity index is 510. The Labute approximate surface area is 118 Å². The van der Waals surface area contributed by atoms with Crippen molar-refractivity contribution < 1.29 is 9.66 Å². The van der Waals surface area contributed by atoms with Crippen molar-refractivity contribution in [3.63, 3.8) is 0 Å². The molecule has 1 saturated carbocycles. The van der Waals surface area contributed by atoms with Crippen LogP contribution in [-0.2, 0) is 6.54 Å². The van der Waals surface area contributed by atoms with Gasteiger partial charge >= 0.3 is 5.69 Å². The number of benzene rings is 1. The van der Waals surface area contributed by atoms with Crippen LogP contribution >= 0.6 is 0 Å². The molecule has 0 amide bonds. The van der Waals surface area contributed by atoms with Gasteiger partial charge in [0.2, 0.25) is 0 Å². The van der Waals surface area contributed by atoms with Crippen molar-refractivity contribution in [3.05, 3.63) is 46.0 Å². The van der Waals surface area contributed by atoms with Gasteiger partial charge in [0.25, 0.3) is 0 Å². The van der Waals surface area contributed by atoms with Crippen LogP contribution in [0.4, 0.5) is 5.69 Å². The summed E-state index contributed by atoms with van der Waals surface area (Å²) in [7, 11) is 0. The molecule has 1 aliphatic carbocycles. The summed E-state index contributed by atoms with van der Waals surface area (Å²) >= 11 is 0. The minimum absolute atomic E-state index is 0.0176. The molecule has 1 aromatic carbocycles. The Kier molecular flexibility index (Phi) is 4.74. The fourth-order valence-corrected chi connectivity index (χ4v) is 1.77. The number of nitro groups is 1.